The summed E-state index contributed by atoms with van der Waals surface area (Å²) in [4.78, 5) is 17.2. The number of aromatic nitrogens is 1. The molecule has 3 aromatic carbocycles. The zero-order valence-corrected chi connectivity index (χ0v) is 14.2. The summed E-state index contributed by atoms with van der Waals surface area (Å²) in [6.07, 6.45) is 0. The molecule has 0 N–H and O–H groups in total. The number of nitrogens with zero attached hydrogens (tertiary/aromatic N) is 2. The molecule has 0 amide bonds. The Hall–Kier alpha value is -3.49. The van der Waals surface area contributed by atoms with Gasteiger partial charge in [-0.05, 0) is 29.0 Å². The van der Waals surface area contributed by atoms with Gasteiger partial charge in [-0.25, -0.2) is 9.78 Å². The number of benzene rings is 3. The molecule has 0 radical (unpaired) electrons. The van der Waals surface area contributed by atoms with Crippen molar-refractivity contribution in [3.8, 4) is 16.6 Å². The van der Waals surface area contributed by atoms with E-state index in [1.54, 1.807) is 6.07 Å². The van der Waals surface area contributed by atoms with Crippen LogP contribution in [0.2, 0.25) is 0 Å². The number of rotatable bonds is 1. The molecule has 0 aliphatic carbocycles. The molecule has 0 atom stereocenters. The first kappa shape index (κ1) is 14.8. The van der Waals surface area contributed by atoms with Crippen LogP contribution >= 0.6 is 11.3 Å². The molecule has 4 nitrogen and oxygen atoms in total. The van der Waals surface area contributed by atoms with Gasteiger partial charge in [-0.3, -0.25) is 0 Å². The molecule has 5 heteroatoms. The summed E-state index contributed by atoms with van der Waals surface area (Å²) in [6, 6.07) is 21.2. The van der Waals surface area contributed by atoms with E-state index in [1.165, 1.54) is 11.3 Å². The normalized spacial score (nSPS) is 11.2. The van der Waals surface area contributed by atoms with Crippen LogP contribution in [0.25, 0.3) is 42.5 Å². The van der Waals surface area contributed by atoms with E-state index in [9.17, 15) is 10.1 Å². The van der Waals surface area contributed by atoms with Gasteiger partial charge in [0.1, 0.15) is 22.2 Å². The second-order valence-corrected chi connectivity index (χ2v) is 6.93. The lowest BCUT2D eigenvalue weighted by molar-refractivity contribution is 0.563. The lowest BCUT2D eigenvalue weighted by atomic mass is 9.99. The Morgan fingerprint density at radius 1 is 1.00 bits per heavy atom. The van der Waals surface area contributed by atoms with Crippen LogP contribution in [0.4, 0.5) is 0 Å². The van der Waals surface area contributed by atoms with Gasteiger partial charge in [-0.1, -0.05) is 42.5 Å². The average molecular weight is 354 g/mol. The highest BCUT2D eigenvalue weighted by atomic mass is 32.1. The Bertz CT molecular complexity index is 1390. The highest BCUT2D eigenvalue weighted by Gasteiger charge is 2.21. The van der Waals surface area contributed by atoms with Gasteiger partial charge in [0.15, 0.2) is 0 Å². The van der Waals surface area contributed by atoms with E-state index in [2.05, 4.69) is 11.1 Å². The summed E-state index contributed by atoms with van der Waals surface area (Å²) in [7, 11) is 0. The second kappa shape index (κ2) is 5.51. The summed E-state index contributed by atoms with van der Waals surface area (Å²) in [5.41, 5.74) is 1.22. The van der Waals surface area contributed by atoms with Gasteiger partial charge in [0.25, 0.3) is 0 Å². The van der Waals surface area contributed by atoms with Crippen LogP contribution in [-0.4, -0.2) is 4.98 Å². The summed E-state index contributed by atoms with van der Waals surface area (Å²) in [6.45, 7) is 0. The van der Waals surface area contributed by atoms with Crippen molar-refractivity contribution in [3.05, 3.63) is 76.6 Å². The fourth-order valence-electron chi connectivity index (χ4n) is 3.26. The van der Waals surface area contributed by atoms with Crippen LogP contribution in [0.3, 0.4) is 0 Å². The molecular weight excluding hydrogens is 344 g/mol. The van der Waals surface area contributed by atoms with Gasteiger partial charge in [0.2, 0.25) is 0 Å². The first-order valence-electron chi connectivity index (χ1n) is 8.01. The first-order chi connectivity index (χ1) is 12.8. The summed E-state index contributed by atoms with van der Waals surface area (Å²) < 4.78 is 6.52. The third-order valence-corrected chi connectivity index (χ3v) is 5.47. The number of hydrogen-bond donors (Lipinski definition) is 0. The quantitative estimate of drug-likeness (QED) is 0.310. The van der Waals surface area contributed by atoms with E-state index in [0.717, 1.165) is 21.0 Å². The molecule has 26 heavy (non-hydrogen) atoms. The van der Waals surface area contributed by atoms with Gasteiger partial charge >= 0.3 is 5.63 Å². The van der Waals surface area contributed by atoms with E-state index in [0.29, 0.717) is 21.5 Å². The van der Waals surface area contributed by atoms with Crippen molar-refractivity contribution in [1.29, 1.82) is 5.26 Å². The van der Waals surface area contributed by atoms with Crippen LogP contribution in [0.1, 0.15) is 5.56 Å². The maximum Gasteiger partial charge on any atom is 0.348 e. The number of thiazole rings is 1. The fraction of sp³-hybridized carbons (Fsp3) is 0. The predicted octanol–water partition coefficient (Wildman–Crippen LogP) is 5.09. The topological polar surface area (TPSA) is 66.9 Å². The van der Waals surface area contributed by atoms with Crippen molar-refractivity contribution in [3.63, 3.8) is 0 Å². The highest BCUT2D eigenvalue weighted by Crippen LogP contribution is 2.35. The van der Waals surface area contributed by atoms with Crippen molar-refractivity contribution >= 4 is 43.3 Å². The van der Waals surface area contributed by atoms with Gasteiger partial charge in [0.05, 0.1) is 15.8 Å². The van der Waals surface area contributed by atoms with Crippen LogP contribution < -0.4 is 5.63 Å². The SMILES string of the molecule is N#Cc1c(-c2nc3ccccc3s2)c(=O)oc2ccc3ccccc3c12. The number of nitriles is 1. The number of fused-ring (bicyclic) bond motifs is 4. The second-order valence-electron chi connectivity index (χ2n) is 5.90. The number of hydrogen-bond acceptors (Lipinski definition) is 5. The first-order valence-corrected chi connectivity index (χ1v) is 8.82. The van der Waals surface area contributed by atoms with E-state index in [1.807, 2.05) is 54.6 Å². The zero-order valence-electron chi connectivity index (χ0n) is 13.4. The minimum atomic E-state index is -0.539. The zero-order chi connectivity index (χ0) is 17.7. The van der Waals surface area contributed by atoms with E-state index in [4.69, 9.17) is 4.42 Å². The van der Waals surface area contributed by atoms with Crippen LogP contribution in [0.15, 0.2) is 69.9 Å². The Kier molecular flexibility index (Phi) is 3.14. The predicted molar refractivity (Wildman–Crippen MR) is 103 cm³/mol. The van der Waals surface area contributed by atoms with Crippen LogP contribution in [0.5, 0.6) is 0 Å². The number of para-hydroxylation sites is 1. The Morgan fingerprint density at radius 2 is 1.81 bits per heavy atom. The fourth-order valence-corrected chi connectivity index (χ4v) is 4.26. The Balaban J connectivity index is 1.96. The summed E-state index contributed by atoms with van der Waals surface area (Å²) >= 11 is 1.39. The minimum Gasteiger partial charge on any atom is -0.422 e. The van der Waals surface area contributed by atoms with Crippen molar-refractivity contribution in [2.24, 2.45) is 0 Å². The van der Waals surface area contributed by atoms with Gasteiger partial charge in [-0.2, -0.15) is 5.26 Å². The van der Waals surface area contributed by atoms with Crippen molar-refractivity contribution in [2.75, 3.05) is 0 Å². The smallest absolute Gasteiger partial charge is 0.348 e. The standard InChI is InChI=1S/C21H10N2O2S/c22-11-14-18-13-6-2-1-5-12(13)9-10-16(18)25-21(24)19(14)20-23-15-7-3-4-8-17(15)26-20/h1-10H. The van der Waals surface area contributed by atoms with E-state index < -0.39 is 5.63 Å². The molecule has 0 aliphatic rings. The molecule has 0 saturated carbocycles. The maximum absolute atomic E-state index is 12.7. The van der Waals surface area contributed by atoms with E-state index in [-0.39, 0.29) is 5.56 Å². The van der Waals surface area contributed by atoms with Crippen molar-refractivity contribution in [1.82, 2.24) is 4.98 Å². The minimum absolute atomic E-state index is 0.234. The average Bonchev–Trinajstić information content (AvgIpc) is 3.10. The molecule has 0 unspecified atom stereocenters. The van der Waals surface area contributed by atoms with Gasteiger partial charge < -0.3 is 4.42 Å². The molecule has 122 valence electrons. The van der Waals surface area contributed by atoms with Gasteiger partial charge in [-0.15, -0.1) is 11.3 Å². The van der Waals surface area contributed by atoms with E-state index >= 15 is 0 Å². The van der Waals surface area contributed by atoms with Crippen LogP contribution in [-0.2, 0) is 0 Å². The summed E-state index contributed by atoms with van der Waals surface area (Å²) in [5, 5.41) is 12.9. The lowest BCUT2D eigenvalue weighted by Crippen LogP contribution is -2.06. The molecule has 0 bridgehead atoms. The molecule has 0 spiro atoms. The molecule has 2 heterocycles. The van der Waals surface area contributed by atoms with Crippen molar-refractivity contribution < 1.29 is 4.42 Å². The van der Waals surface area contributed by atoms with Crippen molar-refractivity contribution in [2.45, 2.75) is 0 Å². The van der Waals surface area contributed by atoms with Gasteiger partial charge in [0, 0.05) is 5.39 Å². The highest BCUT2D eigenvalue weighted by molar-refractivity contribution is 7.21. The third kappa shape index (κ3) is 2.06. The lowest BCUT2D eigenvalue weighted by Gasteiger charge is -2.07. The van der Waals surface area contributed by atoms with Crippen LogP contribution in [0, 0.1) is 11.3 Å². The third-order valence-electron chi connectivity index (χ3n) is 4.42. The molecule has 2 aromatic heterocycles. The largest absolute Gasteiger partial charge is 0.422 e. The molecule has 0 saturated heterocycles. The summed E-state index contributed by atoms with van der Waals surface area (Å²) in [5.74, 6) is 0. The molecule has 5 aromatic rings. The molecular formula is C21H10N2O2S. The molecule has 0 fully saturated rings. The Labute approximate surface area is 151 Å². The molecule has 5 rings (SSSR count). The monoisotopic (exact) mass is 354 g/mol. The maximum atomic E-state index is 12.7. The molecule has 0 aliphatic heterocycles. The Morgan fingerprint density at radius 3 is 2.65 bits per heavy atom.